The molecule has 2 rings (SSSR count). The molecule has 2 N–H and O–H groups in total. The molecule has 1 fully saturated rings. The Morgan fingerprint density at radius 1 is 1.14 bits per heavy atom. The molecule has 1 aliphatic carbocycles. The number of benzene rings is 1. The SMILES string of the molecule is CC(C)Cc1ccc(C(C)(CO)NC2CCCCC2)cc1. The number of hydrogen-bond acceptors (Lipinski definition) is 2. The van der Waals surface area contributed by atoms with E-state index in [-0.39, 0.29) is 12.1 Å². The monoisotopic (exact) mass is 289 g/mol. The lowest BCUT2D eigenvalue weighted by molar-refractivity contribution is 0.150. The van der Waals surface area contributed by atoms with Gasteiger partial charge in [0.25, 0.3) is 0 Å². The number of aliphatic hydroxyl groups is 1. The summed E-state index contributed by atoms with van der Waals surface area (Å²) in [6.45, 7) is 6.76. The van der Waals surface area contributed by atoms with Crippen LogP contribution in [0.1, 0.15) is 64.0 Å². The third-order valence-corrected chi connectivity index (χ3v) is 4.68. The first kappa shape index (κ1) is 16.5. The van der Waals surface area contributed by atoms with Gasteiger partial charge in [-0.2, -0.15) is 0 Å². The molecule has 0 aromatic heterocycles. The maximum atomic E-state index is 9.92. The molecule has 1 saturated carbocycles. The largest absolute Gasteiger partial charge is 0.394 e. The van der Waals surface area contributed by atoms with Crippen LogP contribution in [0.2, 0.25) is 0 Å². The summed E-state index contributed by atoms with van der Waals surface area (Å²) in [6.07, 6.45) is 7.57. The van der Waals surface area contributed by atoms with Crippen LogP contribution in [0.25, 0.3) is 0 Å². The van der Waals surface area contributed by atoms with Crippen molar-refractivity contribution in [1.82, 2.24) is 5.32 Å². The third-order valence-electron chi connectivity index (χ3n) is 4.68. The first-order chi connectivity index (χ1) is 10.0. The minimum Gasteiger partial charge on any atom is -0.394 e. The molecule has 0 bridgehead atoms. The Balaban J connectivity index is 2.07. The highest BCUT2D eigenvalue weighted by atomic mass is 16.3. The van der Waals surface area contributed by atoms with Crippen LogP contribution < -0.4 is 5.32 Å². The van der Waals surface area contributed by atoms with Gasteiger partial charge in [0.05, 0.1) is 12.1 Å². The summed E-state index contributed by atoms with van der Waals surface area (Å²) in [7, 11) is 0. The highest BCUT2D eigenvalue weighted by molar-refractivity contribution is 5.28. The predicted octanol–water partition coefficient (Wildman–Crippen LogP) is 4.01. The summed E-state index contributed by atoms with van der Waals surface area (Å²) < 4.78 is 0. The van der Waals surface area contributed by atoms with Gasteiger partial charge in [-0.1, -0.05) is 57.4 Å². The smallest absolute Gasteiger partial charge is 0.0652 e. The molecule has 0 spiro atoms. The van der Waals surface area contributed by atoms with Crippen LogP contribution in [0.3, 0.4) is 0 Å². The molecule has 1 aromatic rings. The van der Waals surface area contributed by atoms with E-state index in [0.29, 0.717) is 12.0 Å². The highest BCUT2D eigenvalue weighted by Crippen LogP contribution is 2.26. The van der Waals surface area contributed by atoms with Crippen LogP contribution >= 0.6 is 0 Å². The van der Waals surface area contributed by atoms with Crippen molar-refractivity contribution >= 4 is 0 Å². The first-order valence-corrected chi connectivity index (χ1v) is 8.51. The second kappa shape index (κ2) is 7.42. The normalized spacial score (nSPS) is 19.7. The molecule has 1 aliphatic rings. The minimum absolute atomic E-state index is 0.146. The zero-order chi connectivity index (χ0) is 15.3. The van der Waals surface area contributed by atoms with Gasteiger partial charge in [-0.05, 0) is 43.2 Å². The van der Waals surface area contributed by atoms with Crippen LogP contribution in [-0.2, 0) is 12.0 Å². The topological polar surface area (TPSA) is 32.3 Å². The molecule has 118 valence electrons. The van der Waals surface area contributed by atoms with Gasteiger partial charge in [-0.3, -0.25) is 0 Å². The van der Waals surface area contributed by atoms with E-state index in [1.54, 1.807) is 0 Å². The Bertz CT molecular complexity index is 420. The van der Waals surface area contributed by atoms with Gasteiger partial charge in [-0.25, -0.2) is 0 Å². The molecular formula is C19H31NO. The van der Waals surface area contributed by atoms with Gasteiger partial charge in [0, 0.05) is 6.04 Å². The molecule has 1 unspecified atom stereocenters. The van der Waals surface area contributed by atoms with Crippen molar-refractivity contribution in [2.24, 2.45) is 5.92 Å². The van der Waals surface area contributed by atoms with E-state index in [9.17, 15) is 5.11 Å². The van der Waals surface area contributed by atoms with Crippen LogP contribution in [0, 0.1) is 5.92 Å². The van der Waals surface area contributed by atoms with Gasteiger partial charge >= 0.3 is 0 Å². The first-order valence-electron chi connectivity index (χ1n) is 8.51. The summed E-state index contributed by atoms with van der Waals surface area (Å²) in [4.78, 5) is 0. The second-order valence-electron chi connectivity index (χ2n) is 7.26. The van der Waals surface area contributed by atoms with Crippen LogP contribution in [0.5, 0.6) is 0 Å². The van der Waals surface area contributed by atoms with Gasteiger partial charge < -0.3 is 10.4 Å². The minimum atomic E-state index is -0.321. The Kier molecular flexibility index (Phi) is 5.83. The maximum absolute atomic E-state index is 9.92. The fourth-order valence-corrected chi connectivity index (χ4v) is 3.40. The lowest BCUT2D eigenvalue weighted by atomic mass is 9.87. The Morgan fingerprint density at radius 2 is 1.76 bits per heavy atom. The van der Waals surface area contributed by atoms with E-state index in [4.69, 9.17) is 0 Å². The quantitative estimate of drug-likeness (QED) is 0.829. The van der Waals surface area contributed by atoms with Gasteiger partial charge in [0.1, 0.15) is 0 Å². The molecule has 0 aliphatic heterocycles. The van der Waals surface area contributed by atoms with Crippen molar-refractivity contribution in [2.45, 2.75) is 70.9 Å². The summed E-state index contributed by atoms with van der Waals surface area (Å²) in [5.74, 6) is 0.681. The predicted molar refractivity (Wildman–Crippen MR) is 89.4 cm³/mol. The van der Waals surface area contributed by atoms with Crippen molar-refractivity contribution in [3.63, 3.8) is 0 Å². The van der Waals surface area contributed by atoms with Crippen molar-refractivity contribution in [1.29, 1.82) is 0 Å². The van der Waals surface area contributed by atoms with E-state index >= 15 is 0 Å². The van der Waals surface area contributed by atoms with Gasteiger partial charge in [0.15, 0.2) is 0 Å². The van der Waals surface area contributed by atoms with Gasteiger partial charge in [0.2, 0.25) is 0 Å². The molecule has 0 radical (unpaired) electrons. The number of nitrogens with one attached hydrogen (secondary N) is 1. The molecule has 21 heavy (non-hydrogen) atoms. The Labute approximate surface area is 130 Å². The zero-order valence-electron chi connectivity index (χ0n) is 13.9. The molecule has 1 aromatic carbocycles. The maximum Gasteiger partial charge on any atom is 0.0652 e. The van der Waals surface area contributed by atoms with Crippen LogP contribution in [0.15, 0.2) is 24.3 Å². The average Bonchev–Trinajstić information content (AvgIpc) is 2.48. The third kappa shape index (κ3) is 4.55. The van der Waals surface area contributed by atoms with Crippen molar-refractivity contribution in [3.05, 3.63) is 35.4 Å². The Morgan fingerprint density at radius 3 is 2.29 bits per heavy atom. The Hall–Kier alpha value is -0.860. The fraction of sp³-hybridized carbons (Fsp3) is 0.684. The average molecular weight is 289 g/mol. The summed E-state index contributed by atoms with van der Waals surface area (Å²) in [5, 5.41) is 13.6. The van der Waals surface area contributed by atoms with E-state index in [1.165, 1.54) is 43.2 Å². The highest BCUT2D eigenvalue weighted by Gasteiger charge is 2.29. The van der Waals surface area contributed by atoms with Crippen molar-refractivity contribution in [2.75, 3.05) is 6.61 Å². The number of hydrogen-bond donors (Lipinski definition) is 2. The molecular weight excluding hydrogens is 258 g/mol. The van der Waals surface area contributed by atoms with Crippen molar-refractivity contribution < 1.29 is 5.11 Å². The summed E-state index contributed by atoms with van der Waals surface area (Å²) >= 11 is 0. The molecule has 2 nitrogen and oxygen atoms in total. The molecule has 0 amide bonds. The standard InChI is InChI=1S/C19H31NO/c1-15(2)13-16-9-11-17(12-10-16)19(3,14-21)20-18-7-5-4-6-8-18/h9-12,15,18,20-21H,4-8,13-14H2,1-3H3. The zero-order valence-corrected chi connectivity index (χ0v) is 13.9. The number of rotatable bonds is 6. The van der Waals surface area contributed by atoms with E-state index in [0.717, 1.165) is 6.42 Å². The fourth-order valence-electron chi connectivity index (χ4n) is 3.40. The molecule has 2 heteroatoms. The second-order valence-corrected chi connectivity index (χ2v) is 7.26. The van der Waals surface area contributed by atoms with Crippen molar-refractivity contribution in [3.8, 4) is 0 Å². The molecule has 0 saturated heterocycles. The lowest BCUT2D eigenvalue weighted by Gasteiger charge is -2.36. The molecule has 1 atom stereocenters. The molecule has 0 heterocycles. The number of aliphatic hydroxyl groups excluding tert-OH is 1. The lowest BCUT2D eigenvalue weighted by Crippen LogP contribution is -2.49. The summed E-state index contributed by atoms with van der Waals surface area (Å²) in [5.41, 5.74) is 2.26. The van der Waals surface area contributed by atoms with Crippen LogP contribution in [0.4, 0.5) is 0 Å². The van der Waals surface area contributed by atoms with E-state index < -0.39 is 0 Å². The van der Waals surface area contributed by atoms with E-state index in [1.807, 2.05) is 0 Å². The summed E-state index contributed by atoms with van der Waals surface area (Å²) in [6, 6.07) is 9.34. The van der Waals surface area contributed by atoms with Gasteiger partial charge in [-0.15, -0.1) is 0 Å². The van der Waals surface area contributed by atoms with Crippen LogP contribution in [-0.4, -0.2) is 17.8 Å². The van der Waals surface area contributed by atoms with E-state index in [2.05, 4.69) is 50.4 Å².